The molecule has 4 rings (SSSR count). The SMILES string of the molecule is CC1(C2CCN(C(=O)C3CC(c4cccc(Cl)c4F)=NO3)CC2)NC(=O)NC1=O. The molecule has 1 aromatic carbocycles. The van der Waals surface area contributed by atoms with Crippen LogP contribution in [0, 0.1) is 11.7 Å². The van der Waals surface area contributed by atoms with Crippen LogP contribution < -0.4 is 10.6 Å². The first kappa shape index (κ1) is 19.6. The van der Waals surface area contributed by atoms with E-state index in [-0.39, 0.29) is 34.7 Å². The van der Waals surface area contributed by atoms with Crippen LogP contribution in [0.3, 0.4) is 0 Å². The molecule has 2 saturated heterocycles. The molecule has 0 bridgehead atoms. The molecule has 0 spiro atoms. The van der Waals surface area contributed by atoms with Crippen molar-refractivity contribution in [3.8, 4) is 0 Å². The molecule has 2 atom stereocenters. The number of amides is 4. The third-order valence-electron chi connectivity index (χ3n) is 5.90. The summed E-state index contributed by atoms with van der Waals surface area (Å²) in [5, 5.41) is 8.83. The predicted octanol–water partition coefficient (Wildman–Crippen LogP) is 1.81. The summed E-state index contributed by atoms with van der Waals surface area (Å²) in [5.74, 6) is -1.23. The summed E-state index contributed by atoms with van der Waals surface area (Å²) in [6.45, 7) is 2.57. The number of urea groups is 1. The van der Waals surface area contributed by atoms with Crippen molar-refractivity contribution >= 4 is 35.2 Å². The molecule has 0 aromatic heterocycles. The second-order valence-electron chi connectivity index (χ2n) is 7.65. The normalized spacial score (nSPS) is 27.3. The molecular weight excluding hydrogens is 403 g/mol. The van der Waals surface area contributed by atoms with Crippen molar-refractivity contribution in [2.75, 3.05) is 13.1 Å². The molecule has 4 amide bonds. The topological polar surface area (TPSA) is 100 Å². The summed E-state index contributed by atoms with van der Waals surface area (Å²) in [5.41, 5.74) is -0.394. The van der Waals surface area contributed by atoms with E-state index in [1.54, 1.807) is 24.0 Å². The van der Waals surface area contributed by atoms with E-state index in [1.165, 1.54) is 6.07 Å². The highest BCUT2D eigenvalue weighted by Gasteiger charge is 2.49. The second-order valence-corrected chi connectivity index (χ2v) is 8.05. The molecule has 3 aliphatic heterocycles. The summed E-state index contributed by atoms with van der Waals surface area (Å²) in [4.78, 5) is 43.3. The lowest BCUT2D eigenvalue weighted by atomic mass is 9.79. The van der Waals surface area contributed by atoms with Crippen LogP contribution in [0.2, 0.25) is 5.02 Å². The van der Waals surface area contributed by atoms with Gasteiger partial charge in [-0.2, -0.15) is 0 Å². The van der Waals surface area contributed by atoms with Crippen molar-refractivity contribution in [2.45, 2.75) is 37.8 Å². The number of piperidine rings is 1. The van der Waals surface area contributed by atoms with Crippen molar-refractivity contribution in [1.29, 1.82) is 0 Å². The zero-order valence-electron chi connectivity index (χ0n) is 15.7. The quantitative estimate of drug-likeness (QED) is 0.725. The number of benzene rings is 1. The van der Waals surface area contributed by atoms with Crippen LogP contribution in [-0.2, 0) is 14.4 Å². The maximum Gasteiger partial charge on any atom is 0.322 e. The van der Waals surface area contributed by atoms with Gasteiger partial charge in [-0.25, -0.2) is 9.18 Å². The Morgan fingerprint density at radius 2 is 2.07 bits per heavy atom. The molecule has 2 unspecified atom stereocenters. The van der Waals surface area contributed by atoms with Crippen molar-refractivity contribution in [3.05, 3.63) is 34.6 Å². The number of carbonyl (C=O) groups excluding carboxylic acids is 3. The Morgan fingerprint density at radius 3 is 2.72 bits per heavy atom. The minimum Gasteiger partial charge on any atom is -0.382 e. The smallest absolute Gasteiger partial charge is 0.322 e. The monoisotopic (exact) mass is 422 g/mol. The first-order valence-electron chi connectivity index (χ1n) is 9.39. The van der Waals surface area contributed by atoms with Crippen molar-refractivity contribution in [2.24, 2.45) is 11.1 Å². The summed E-state index contributed by atoms with van der Waals surface area (Å²) < 4.78 is 14.2. The molecule has 0 aliphatic carbocycles. The largest absolute Gasteiger partial charge is 0.382 e. The van der Waals surface area contributed by atoms with E-state index in [1.807, 2.05) is 0 Å². The number of nitrogens with one attached hydrogen (secondary N) is 2. The van der Waals surface area contributed by atoms with Gasteiger partial charge in [-0.05, 0) is 37.8 Å². The fraction of sp³-hybridized carbons (Fsp3) is 0.474. The van der Waals surface area contributed by atoms with Crippen molar-refractivity contribution in [3.63, 3.8) is 0 Å². The third-order valence-corrected chi connectivity index (χ3v) is 6.19. The lowest BCUT2D eigenvalue weighted by Gasteiger charge is -2.39. The number of hydrogen-bond donors (Lipinski definition) is 2. The van der Waals surface area contributed by atoms with Crippen molar-refractivity contribution < 1.29 is 23.6 Å². The minimum atomic E-state index is -0.962. The van der Waals surface area contributed by atoms with Crippen LogP contribution in [0.25, 0.3) is 0 Å². The van der Waals surface area contributed by atoms with Crippen LogP contribution in [0.4, 0.5) is 9.18 Å². The predicted molar refractivity (Wildman–Crippen MR) is 102 cm³/mol. The van der Waals surface area contributed by atoms with Gasteiger partial charge in [0.25, 0.3) is 11.8 Å². The van der Waals surface area contributed by atoms with E-state index in [0.717, 1.165) is 0 Å². The first-order chi connectivity index (χ1) is 13.8. The minimum absolute atomic E-state index is 0.0152. The van der Waals surface area contributed by atoms with Crippen LogP contribution in [0.1, 0.15) is 31.7 Å². The van der Waals surface area contributed by atoms with Gasteiger partial charge in [0.2, 0.25) is 6.10 Å². The fourth-order valence-electron chi connectivity index (χ4n) is 4.12. The van der Waals surface area contributed by atoms with E-state index in [2.05, 4.69) is 15.8 Å². The number of likely N-dealkylation sites (tertiary alicyclic amines) is 1. The van der Waals surface area contributed by atoms with E-state index in [9.17, 15) is 18.8 Å². The standard InChI is InChI=1S/C19H20ClFN4O4/c1-19(17(27)22-18(28)23-19)10-5-7-25(8-6-10)16(26)14-9-13(24-29-14)11-3-2-4-12(20)15(11)21/h2-4,10,14H,5-9H2,1H3,(H2,22,23,27,28). The molecular formula is C19H20ClFN4O4. The molecule has 2 N–H and O–H groups in total. The Labute approximate surface area is 171 Å². The number of hydrogen-bond acceptors (Lipinski definition) is 5. The van der Waals surface area contributed by atoms with Gasteiger partial charge in [-0.3, -0.25) is 14.9 Å². The Bertz CT molecular complexity index is 915. The third kappa shape index (κ3) is 3.43. The Morgan fingerprint density at radius 1 is 1.34 bits per heavy atom. The molecule has 0 radical (unpaired) electrons. The zero-order chi connectivity index (χ0) is 20.8. The van der Waals surface area contributed by atoms with E-state index < -0.39 is 23.5 Å². The lowest BCUT2D eigenvalue weighted by molar-refractivity contribution is -0.144. The Hall–Kier alpha value is -2.68. The van der Waals surface area contributed by atoms with E-state index in [4.69, 9.17) is 16.4 Å². The molecule has 10 heteroatoms. The van der Waals surface area contributed by atoms with E-state index >= 15 is 0 Å². The first-order valence-corrected chi connectivity index (χ1v) is 9.77. The highest BCUT2D eigenvalue weighted by atomic mass is 35.5. The van der Waals surface area contributed by atoms with Gasteiger partial charge < -0.3 is 15.1 Å². The molecule has 0 saturated carbocycles. The average molecular weight is 423 g/mol. The van der Waals surface area contributed by atoms with Gasteiger partial charge in [-0.15, -0.1) is 0 Å². The van der Waals surface area contributed by atoms with Gasteiger partial charge >= 0.3 is 6.03 Å². The fourth-order valence-corrected chi connectivity index (χ4v) is 4.30. The van der Waals surface area contributed by atoms with Gasteiger partial charge in [0.15, 0.2) is 5.82 Å². The van der Waals surface area contributed by atoms with Gasteiger partial charge in [-0.1, -0.05) is 22.8 Å². The zero-order valence-corrected chi connectivity index (χ0v) is 16.5. The Balaban J connectivity index is 1.36. The van der Waals surface area contributed by atoms with Gasteiger partial charge in [0, 0.05) is 25.1 Å². The van der Waals surface area contributed by atoms with Gasteiger partial charge in [0.1, 0.15) is 5.54 Å². The summed E-state index contributed by atoms with van der Waals surface area (Å²) in [6.07, 6.45) is 0.482. The second kappa shape index (κ2) is 7.29. The molecule has 3 heterocycles. The molecule has 154 valence electrons. The van der Waals surface area contributed by atoms with Crippen LogP contribution in [0.15, 0.2) is 23.4 Å². The lowest BCUT2D eigenvalue weighted by Crippen LogP contribution is -2.55. The van der Waals surface area contributed by atoms with E-state index in [0.29, 0.717) is 31.6 Å². The number of nitrogens with zero attached hydrogens (tertiary/aromatic N) is 2. The Kier molecular flexibility index (Phi) is 4.94. The number of oxime groups is 1. The number of imide groups is 1. The number of carbonyl (C=O) groups is 3. The summed E-state index contributed by atoms with van der Waals surface area (Å²) in [7, 11) is 0. The summed E-state index contributed by atoms with van der Waals surface area (Å²) in [6, 6.07) is 4.11. The number of halogens is 2. The van der Waals surface area contributed by atoms with Gasteiger partial charge in [0.05, 0.1) is 10.7 Å². The summed E-state index contributed by atoms with van der Waals surface area (Å²) >= 11 is 5.81. The molecule has 29 heavy (non-hydrogen) atoms. The van der Waals surface area contributed by atoms with Crippen LogP contribution >= 0.6 is 11.6 Å². The highest BCUT2D eigenvalue weighted by Crippen LogP contribution is 2.32. The van der Waals surface area contributed by atoms with Crippen LogP contribution in [0.5, 0.6) is 0 Å². The average Bonchev–Trinajstić information content (AvgIpc) is 3.28. The van der Waals surface area contributed by atoms with Crippen molar-refractivity contribution in [1.82, 2.24) is 15.5 Å². The molecule has 2 fully saturated rings. The maximum absolute atomic E-state index is 14.2. The van der Waals surface area contributed by atoms with Crippen LogP contribution in [-0.4, -0.2) is 53.2 Å². The number of rotatable bonds is 3. The molecule has 8 nitrogen and oxygen atoms in total. The maximum atomic E-state index is 14.2. The molecule has 1 aromatic rings. The highest BCUT2D eigenvalue weighted by molar-refractivity contribution is 6.31. The molecule has 3 aliphatic rings.